The van der Waals surface area contributed by atoms with E-state index in [1.807, 2.05) is 0 Å². The summed E-state index contributed by atoms with van der Waals surface area (Å²) in [4.78, 5) is 0. The normalized spacial score (nSPS) is 15.5. The van der Waals surface area contributed by atoms with Crippen molar-refractivity contribution < 1.29 is 23.4 Å². The van der Waals surface area contributed by atoms with Crippen LogP contribution in [0.4, 0.5) is 13.2 Å². The van der Waals surface area contributed by atoms with Gasteiger partial charge in [-0.1, -0.05) is 23.2 Å². The van der Waals surface area contributed by atoms with Gasteiger partial charge in [0.15, 0.2) is 0 Å². The number of hydrogen-bond donors (Lipinski definition) is 3. The Bertz CT molecular complexity index is 440. The standard InChI is InChI=1S/C10H10Cl2F3NO2/c11-4-1-5(9(18)6(12)2-4)7(17)3-8(16)10(13,14)15/h1-2,7-8,17-18H,3,16H2/t7-,8-/m0/s1. The first-order valence-corrected chi connectivity index (χ1v) is 5.56. The molecule has 1 rings (SSSR count). The molecule has 102 valence electrons. The van der Waals surface area contributed by atoms with Crippen molar-refractivity contribution >= 4 is 23.2 Å². The molecule has 0 aromatic heterocycles. The number of phenols is 1. The molecule has 0 radical (unpaired) electrons. The van der Waals surface area contributed by atoms with Gasteiger partial charge in [-0.15, -0.1) is 0 Å². The zero-order valence-corrected chi connectivity index (χ0v) is 10.4. The Balaban J connectivity index is 2.95. The molecule has 0 heterocycles. The minimum absolute atomic E-state index is 0.0902. The second-order valence-corrected chi connectivity index (χ2v) is 4.57. The summed E-state index contributed by atoms with van der Waals surface area (Å²) in [6, 6.07) is 0.138. The zero-order chi connectivity index (χ0) is 14.1. The molecule has 0 fully saturated rings. The van der Waals surface area contributed by atoms with Crippen LogP contribution >= 0.6 is 23.2 Å². The van der Waals surface area contributed by atoms with Crippen LogP contribution in [0.25, 0.3) is 0 Å². The summed E-state index contributed by atoms with van der Waals surface area (Å²) in [5, 5.41) is 19.1. The number of aromatic hydroxyl groups is 1. The van der Waals surface area contributed by atoms with Crippen molar-refractivity contribution in [3.8, 4) is 5.75 Å². The highest BCUT2D eigenvalue weighted by Gasteiger charge is 2.38. The molecule has 0 aliphatic carbocycles. The van der Waals surface area contributed by atoms with Crippen LogP contribution in [0.15, 0.2) is 12.1 Å². The Morgan fingerprint density at radius 3 is 2.33 bits per heavy atom. The Labute approximate surface area is 111 Å². The quantitative estimate of drug-likeness (QED) is 0.804. The van der Waals surface area contributed by atoms with Crippen molar-refractivity contribution in [3.63, 3.8) is 0 Å². The third-order valence-electron chi connectivity index (χ3n) is 2.31. The number of halogens is 5. The van der Waals surface area contributed by atoms with E-state index in [-0.39, 0.29) is 15.6 Å². The smallest absolute Gasteiger partial charge is 0.403 e. The largest absolute Gasteiger partial charge is 0.506 e. The highest BCUT2D eigenvalue weighted by molar-refractivity contribution is 6.35. The van der Waals surface area contributed by atoms with Gasteiger partial charge in [-0.2, -0.15) is 13.2 Å². The van der Waals surface area contributed by atoms with Crippen molar-refractivity contribution in [2.75, 3.05) is 0 Å². The minimum Gasteiger partial charge on any atom is -0.506 e. The third kappa shape index (κ3) is 3.65. The average molecular weight is 304 g/mol. The summed E-state index contributed by atoms with van der Waals surface area (Å²) in [7, 11) is 0. The summed E-state index contributed by atoms with van der Waals surface area (Å²) in [5.41, 5.74) is 4.69. The number of aliphatic hydroxyl groups excluding tert-OH is 1. The molecule has 2 atom stereocenters. The van der Waals surface area contributed by atoms with Crippen molar-refractivity contribution in [2.45, 2.75) is 24.7 Å². The molecule has 1 aromatic rings. The van der Waals surface area contributed by atoms with Crippen LogP contribution in [0.3, 0.4) is 0 Å². The second-order valence-electron chi connectivity index (χ2n) is 3.73. The lowest BCUT2D eigenvalue weighted by molar-refractivity contribution is -0.153. The molecule has 0 unspecified atom stereocenters. The van der Waals surface area contributed by atoms with Crippen molar-refractivity contribution in [2.24, 2.45) is 5.73 Å². The second kappa shape index (κ2) is 5.52. The maximum atomic E-state index is 12.2. The van der Waals surface area contributed by atoms with E-state index in [2.05, 4.69) is 0 Å². The number of alkyl halides is 3. The van der Waals surface area contributed by atoms with Crippen LogP contribution < -0.4 is 5.73 Å². The van der Waals surface area contributed by atoms with Gasteiger partial charge in [-0.05, 0) is 12.1 Å². The van der Waals surface area contributed by atoms with E-state index in [1.165, 1.54) is 6.07 Å². The molecule has 0 aliphatic heterocycles. The Kier molecular flexibility index (Phi) is 4.72. The number of aliphatic hydroxyl groups is 1. The first-order chi connectivity index (χ1) is 8.12. The predicted octanol–water partition coefficient (Wildman–Crippen LogP) is 3.01. The molecule has 0 amide bonds. The SMILES string of the molecule is N[C@@H](C[C@H](O)c1cc(Cl)cc(Cl)c1O)C(F)(F)F. The molecular formula is C10H10Cl2F3NO2. The highest BCUT2D eigenvalue weighted by Crippen LogP contribution is 2.37. The van der Waals surface area contributed by atoms with E-state index in [0.29, 0.717) is 0 Å². The Hall–Kier alpha value is -0.690. The summed E-state index contributed by atoms with van der Waals surface area (Å²) < 4.78 is 36.7. The molecule has 0 bridgehead atoms. The molecule has 1 aromatic carbocycles. The lowest BCUT2D eigenvalue weighted by Gasteiger charge is -2.20. The van der Waals surface area contributed by atoms with Gasteiger partial charge in [0.1, 0.15) is 11.8 Å². The summed E-state index contributed by atoms with van der Waals surface area (Å²) >= 11 is 11.2. The van der Waals surface area contributed by atoms with Crippen molar-refractivity contribution in [3.05, 3.63) is 27.7 Å². The summed E-state index contributed by atoms with van der Waals surface area (Å²) in [6.07, 6.45) is -7.04. The minimum atomic E-state index is -4.63. The lowest BCUT2D eigenvalue weighted by Crippen LogP contribution is -2.38. The van der Waals surface area contributed by atoms with Gasteiger partial charge >= 0.3 is 6.18 Å². The fourth-order valence-electron chi connectivity index (χ4n) is 1.34. The molecule has 0 saturated heterocycles. The maximum absolute atomic E-state index is 12.2. The monoisotopic (exact) mass is 303 g/mol. The number of phenolic OH excluding ortho intramolecular Hbond substituents is 1. The van der Waals surface area contributed by atoms with E-state index in [4.69, 9.17) is 28.9 Å². The molecule has 8 heteroatoms. The number of nitrogens with two attached hydrogens (primary N) is 1. The summed E-state index contributed by atoms with van der Waals surface area (Å²) in [6.45, 7) is 0. The first-order valence-electron chi connectivity index (χ1n) is 4.81. The van der Waals surface area contributed by atoms with Gasteiger partial charge in [-0.25, -0.2) is 0 Å². The van der Waals surface area contributed by atoms with E-state index in [0.717, 1.165) is 6.07 Å². The summed E-state index contributed by atoms with van der Waals surface area (Å²) in [5.74, 6) is -0.511. The van der Waals surface area contributed by atoms with Crippen molar-refractivity contribution in [1.29, 1.82) is 0 Å². The van der Waals surface area contributed by atoms with Crippen LogP contribution in [0.2, 0.25) is 10.0 Å². The molecule has 0 aliphatic rings. The fourth-order valence-corrected chi connectivity index (χ4v) is 1.85. The van der Waals surface area contributed by atoms with Gasteiger partial charge in [0.2, 0.25) is 0 Å². The van der Waals surface area contributed by atoms with Crippen LogP contribution in [-0.2, 0) is 0 Å². The Morgan fingerprint density at radius 1 is 1.28 bits per heavy atom. The fraction of sp³-hybridized carbons (Fsp3) is 0.400. The molecule has 4 N–H and O–H groups in total. The van der Waals surface area contributed by atoms with Gasteiger partial charge in [0, 0.05) is 17.0 Å². The van der Waals surface area contributed by atoms with E-state index >= 15 is 0 Å². The van der Waals surface area contributed by atoms with Crippen molar-refractivity contribution in [1.82, 2.24) is 0 Å². The number of rotatable bonds is 3. The van der Waals surface area contributed by atoms with Gasteiger partial charge in [0.25, 0.3) is 0 Å². The number of benzene rings is 1. The van der Waals surface area contributed by atoms with Gasteiger partial charge in [-0.3, -0.25) is 0 Å². The molecule has 3 nitrogen and oxygen atoms in total. The van der Waals surface area contributed by atoms with Crippen LogP contribution in [-0.4, -0.2) is 22.4 Å². The number of hydrogen-bond acceptors (Lipinski definition) is 3. The van der Waals surface area contributed by atoms with Gasteiger partial charge < -0.3 is 15.9 Å². The van der Waals surface area contributed by atoms with E-state index in [1.54, 1.807) is 0 Å². The Morgan fingerprint density at radius 2 is 1.83 bits per heavy atom. The first kappa shape index (κ1) is 15.4. The predicted molar refractivity (Wildman–Crippen MR) is 61.7 cm³/mol. The average Bonchev–Trinajstić information content (AvgIpc) is 2.21. The topological polar surface area (TPSA) is 66.5 Å². The van der Waals surface area contributed by atoms with Gasteiger partial charge in [0.05, 0.1) is 11.1 Å². The highest BCUT2D eigenvalue weighted by atomic mass is 35.5. The van der Waals surface area contributed by atoms with E-state index in [9.17, 15) is 23.4 Å². The molecule has 0 spiro atoms. The van der Waals surface area contributed by atoms with Crippen LogP contribution in [0.1, 0.15) is 18.1 Å². The van der Waals surface area contributed by atoms with Crippen LogP contribution in [0, 0.1) is 0 Å². The third-order valence-corrected chi connectivity index (χ3v) is 2.82. The van der Waals surface area contributed by atoms with E-state index < -0.39 is 30.5 Å². The zero-order valence-electron chi connectivity index (χ0n) is 8.88. The molecule has 0 saturated carbocycles. The van der Waals surface area contributed by atoms with Crippen LogP contribution in [0.5, 0.6) is 5.75 Å². The molecular weight excluding hydrogens is 294 g/mol. The maximum Gasteiger partial charge on any atom is 0.403 e. The molecule has 18 heavy (non-hydrogen) atoms. The lowest BCUT2D eigenvalue weighted by atomic mass is 10.0.